The third-order valence-corrected chi connectivity index (χ3v) is 11.0. The first-order chi connectivity index (χ1) is 33.7. The van der Waals surface area contributed by atoms with E-state index in [1.807, 2.05) is 0 Å². The Morgan fingerprint density at radius 2 is 0.871 bits per heavy atom. The summed E-state index contributed by atoms with van der Waals surface area (Å²) in [6.07, 6.45) is -16.2. The molecule has 9 atom stereocenters. The SMILES string of the molecule is CC(=O)O[C@H]1CO[C@H](OC(=N)C(Cl)(Cl)Cl)[C@H](OC(=O)c2ccccc2)[C@H]1O[C@@H]1O[C@H](COC(=O)c2ccccc2)[C@@H](OC(=O)c2ccccc2)[C@H](OC(=O)c2ccccc2)[C@H]1OC(=O)c1ccccc1. The highest BCUT2D eigenvalue weighted by molar-refractivity contribution is 6.76. The molecule has 2 heterocycles. The zero-order valence-electron chi connectivity index (χ0n) is 36.7. The fourth-order valence-corrected chi connectivity index (χ4v) is 7.32. The monoisotopic (exact) mass is 1020 g/mol. The van der Waals surface area contributed by atoms with Crippen molar-refractivity contribution in [1.29, 1.82) is 5.41 Å². The number of esters is 6. The molecule has 2 aliphatic rings. The molecule has 2 fully saturated rings. The maximum absolute atomic E-state index is 14.2. The van der Waals surface area contributed by atoms with E-state index in [9.17, 15) is 28.8 Å². The van der Waals surface area contributed by atoms with Crippen molar-refractivity contribution in [3.05, 3.63) is 179 Å². The van der Waals surface area contributed by atoms with Crippen LogP contribution in [-0.4, -0.2) is 114 Å². The fourth-order valence-electron chi connectivity index (χ4n) is 7.19. The van der Waals surface area contributed by atoms with E-state index in [4.69, 9.17) is 87.6 Å². The zero-order chi connectivity index (χ0) is 49.8. The van der Waals surface area contributed by atoms with Crippen LogP contribution in [0.1, 0.15) is 58.7 Å². The molecular weight excluding hydrogens is 977 g/mol. The Balaban J connectivity index is 1.37. The van der Waals surface area contributed by atoms with Crippen LogP contribution in [0.3, 0.4) is 0 Å². The van der Waals surface area contributed by atoms with Crippen LogP contribution in [0, 0.1) is 5.41 Å². The van der Waals surface area contributed by atoms with E-state index in [0.29, 0.717) is 0 Å². The predicted octanol–water partition coefficient (Wildman–Crippen LogP) is 7.51. The van der Waals surface area contributed by atoms with Crippen molar-refractivity contribution in [2.45, 2.75) is 66.0 Å². The van der Waals surface area contributed by atoms with Gasteiger partial charge in [0, 0.05) is 6.92 Å². The molecule has 0 spiro atoms. The molecule has 5 aromatic rings. The van der Waals surface area contributed by atoms with Crippen molar-refractivity contribution in [2.75, 3.05) is 13.2 Å². The molecule has 1 N–H and O–H groups in total. The molecular formula is C50H42Cl3NO16. The number of carbonyl (C=O) groups excluding carboxylic acids is 6. The lowest BCUT2D eigenvalue weighted by atomic mass is 9.97. The second kappa shape index (κ2) is 23.6. The molecule has 7 rings (SSSR count). The van der Waals surface area contributed by atoms with E-state index in [1.54, 1.807) is 91.0 Å². The molecule has 20 heteroatoms. The van der Waals surface area contributed by atoms with E-state index in [-0.39, 0.29) is 27.8 Å². The lowest BCUT2D eigenvalue weighted by Crippen LogP contribution is -2.66. The van der Waals surface area contributed by atoms with Crippen LogP contribution >= 0.6 is 34.8 Å². The second-order valence-corrected chi connectivity index (χ2v) is 17.6. The molecule has 0 amide bonds. The topological polar surface area (TPSA) is 219 Å². The van der Waals surface area contributed by atoms with Crippen molar-refractivity contribution < 1.29 is 76.1 Å². The summed E-state index contributed by atoms with van der Waals surface area (Å²) >= 11 is 18.0. The number of alkyl halides is 3. The van der Waals surface area contributed by atoms with Crippen LogP contribution in [0.15, 0.2) is 152 Å². The summed E-state index contributed by atoms with van der Waals surface area (Å²) in [6.45, 7) is -0.226. The van der Waals surface area contributed by atoms with Gasteiger partial charge in [0.05, 0.1) is 34.4 Å². The number of rotatable bonds is 15. The van der Waals surface area contributed by atoms with Crippen molar-refractivity contribution in [3.63, 3.8) is 0 Å². The Morgan fingerprint density at radius 3 is 1.27 bits per heavy atom. The average Bonchev–Trinajstić information content (AvgIpc) is 3.37. The second-order valence-electron chi connectivity index (χ2n) is 15.3. The van der Waals surface area contributed by atoms with Gasteiger partial charge in [0.15, 0.2) is 36.8 Å². The molecule has 0 aliphatic carbocycles. The summed E-state index contributed by atoms with van der Waals surface area (Å²) < 4.78 is 58.0. The van der Waals surface area contributed by atoms with Crippen LogP contribution in [0.2, 0.25) is 0 Å². The summed E-state index contributed by atoms with van der Waals surface area (Å²) in [5.74, 6) is -6.64. The van der Waals surface area contributed by atoms with Gasteiger partial charge >= 0.3 is 35.8 Å². The van der Waals surface area contributed by atoms with Crippen LogP contribution in [0.4, 0.5) is 0 Å². The van der Waals surface area contributed by atoms with Crippen LogP contribution < -0.4 is 0 Å². The smallest absolute Gasteiger partial charge is 0.338 e. The van der Waals surface area contributed by atoms with Gasteiger partial charge in [0.1, 0.15) is 18.8 Å². The van der Waals surface area contributed by atoms with Crippen molar-refractivity contribution in [3.8, 4) is 0 Å². The van der Waals surface area contributed by atoms with Crippen LogP contribution in [0.25, 0.3) is 0 Å². The van der Waals surface area contributed by atoms with Crippen LogP contribution in [-0.2, 0) is 52.2 Å². The van der Waals surface area contributed by atoms with Crippen molar-refractivity contribution >= 4 is 76.5 Å². The maximum atomic E-state index is 14.2. The average molecular weight is 1020 g/mol. The molecule has 17 nitrogen and oxygen atoms in total. The molecule has 0 radical (unpaired) electrons. The minimum atomic E-state index is -2.46. The van der Waals surface area contributed by atoms with Crippen molar-refractivity contribution in [2.24, 2.45) is 0 Å². The van der Waals surface area contributed by atoms with Crippen molar-refractivity contribution in [1.82, 2.24) is 0 Å². The van der Waals surface area contributed by atoms with Gasteiger partial charge in [-0.3, -0.25) is 10.2 Å². The Bertz CT molecular complexity index is 2610. The summed E-state index contributed by atoms with van der Waals surface area (Å²) in [5, 5.41) is 8.38. The van der Waals surface area contributed by atoms with Gasteiger partial charge in [0.2, 0.25) is 12.2 Å². The first-order valence-electron chi connectivity index (χ1n) is 21.3. The number of nitrogens with one attached hydrogen (secondary N) is 1. The van der Waals surface area contributed by atoms with Gasteiger partial charge in [0.25, 0.3) is 3.79 Å². The number of benzene rings is 5. The normalized spacial score (nSPS) is 23.1. The maximum Gasteiger partial charge on any atom is 0.338 e. The Hall–Kier alpha value is -6.86. The Labute approximate surface area is 415 Å². The van der Waals surface area contributed by atoms with Gasteiger partial charge in [-0.2, -0.15) is 0 Å². The first-order valence-corrected chi connectivity index (χ1v) is 22.5. The van der Waals surface area contributed by atoms with Gasteiger partial charge in [-0.1, -0.05) is 126 Å². The zero-order valence-corrected chi connectivity index (χ0v) is 39.0. The van der Waals surface area contributed by atoms with E-state index in [2.05, 4.69) is 0 Å². The molecule has 70 heavy (non-hydrogen) atoms. The quantitative estimate of drug-likeness (QED) is 0.0353. The van der Waals surface area contributed by atoms with Gasteiger partial charge in [-0.05, 0) is 60.7 Å². The van der Waals surface area contributed by atoms with Crippen LogP contribution in [0.5, 0.6) is 0 Å². The molecule has 0 unspecified atom stereocenters. The van der Waals surface area contributed by atoms with Gasteiger partial charge < -0.3 is 47.4 Å². The highest BCUT2D eigenvalue weighted by Crippen LogP contribution is 2.37. The Morgan fingerprint density at radius 1 is 0.500 bits per heavy atom. The fraction of sp³-hybridized carbons (Fsp3) is 0.260. The minimum absolute atomic E-state index is 0.00309. The van der Waals surface area contributed by atoms with Gasteiger partial charge in [-0.15, -0.1) is 0 Å². The number of carbonyl (C=O) groups is 6. The predicted molar refractivity (Wildman–Crippen MR) is 247 cm³/mol. The lowest BCUT2D eigenvalue weighted by Gasteiger charge is -2.47. The highest BCUT2D eigenvalue weighted by atomic mass is 35.6. The Kier molecular flexibility index (Phi) is 17.2. The summed E-state index contributed by atoms with van der Waals surface area (Å²) in [4.78, 5) is 82.6. The van der Waals surface area contributed by atoms with E-state index >= 15 is 0 Å². The highest BCUT2D eigenvalue weighted by Gasteiger charge is 2.57. The van der Waals surface area contributed by atoms with Gasteiger partial charge in [-0.25, -0.2) is 24.0 Å². The summed E-state index contributed by atoms with van der Waals surface area (Å²) in [6, 6.07) is 38.5. The molecule has 364 valence electrons. The molecule has 0 bridgehead atoms. The lowest BCUT2D eigenvalue weighted by molar-refractivity contribution is -0.341. The standard InChI is InChI=1S/C50H42Cl3NO16/c1-29(55)63-35-28-62-47(70-49(54)50(51,52)53)40(67-45(59)33-23-13-5-14-24-33)38(35)69-48-41(68-46(60)34-25-15-6-16-26-34)39(66-44(58)32-21-11-4-12-22-32)37(65-43(57)31-19-9-3-10-20-31)36(64-48)27-61-42(56)30-17-7-2-8-18-30/h2-26,35-41,47-48,54H,27-28H2,1H3/t35-,36+,37+,38-,39-,40+,41+,47+,48-/m0/s1. The summed E-state index contributed by atoms with van der Waals surface area (Å²) in [7, 11) is 0. The molecule has 2 saturated heterocycles. The third-order valence-electron chi connectivity index (χ3n) is 10.5. The van der Waals surface area contributed by atoms with E-state index in [1.165, 1.54) is 60.7 Å². The summed E-state index contributed by atoms with van der Waals surface area (Å²) in [5.41, 5.74) is 0.220. The largest absolute Gasteiger partial charge is 0.459 e. The molecule has 5 aromatic carbocycles. The number of hydrogen-bond donors (Lipinski definition) is 1. The minimum Gasteiger partial charge on any atom is -0.459 e. The number of hydrogen-bond acceptors (Lipinski definition) is 17. The molecule has 0 saturated carbocycles. The number of halogens is 3. The molecule has 0 aromatic heterocycles. The third kappa shape index (κ3) is 13.3. The van der Waals surface area contributed by atoms with E-state index < -0.39 is 114 Å². The number of ether oxygens (including phenoxy) is 10. The first kappa shape index (κ1) is 51.0. The van der Waals surface area contributed by atoms with E-state index in [0.717, 1.165) is 6.92 Å². The molecule has 2 aliphatic heterocycles.